The zero-order valence-electron chi connectivity index (χ0n) is 17.8. The van der Waals surface area contributed by atoms with Crippen LogP contribution in [0.3, 0.4) is 0 Å². The minimum Gasteiger partial charge on any atom is -0.354 e. The first-order chi connectivity index (χ1) is 15.2. The molecule has 1 saturated heterocycles. The first-order valence-corrected chi connectivity index (χ1v) is 12.4. The van der Waals surface area contributed by atoms with E-state index in [4.69, 9.17) is 11.6 Å². The molecule has 8 nitrogen and oxygen atoms in total. The molecule has 2 saturated carbocycles. The van der Waals surface area contributed by atoms with Crippen molar-refractivity contribution < 1.29 is 17.5 Å². The van der Waals surface area contributed by atoms with Gasteiger partial charge >= 0.3 is 0 Å². The Labute approximate surface area is 192 Å². The van der Waals surface area contributed by atoms with Crippen LogP contribution < -0.4 is 10.3 Å². The number of hydrazine groups is 1. The Balaban J connectivity index is 1.17. The van der Waals surface area contributed by atoms with Crippen LogP contribution in [0, 0.1) is 18.3 Å². The van der Waals surface area contributed by atoms with Gasteiger partial charge in [0, 0.05) is 43.9 Å². The van der Waals surface area contributed by atoms with Gasteiger partial charge in [0.1, 0.15) is 17.0 Å². The van der Waals surface area contributed by atoms with E-state index >= 15 is 0 Å². The number of alkyl halides is 2. The predicted molar refractivity (Wildman–Crippen MR) is 118 cm³/mol. The number of halogens is 3. The van der Waals surface area contributed by atoms with Crippen LogP contribution in [0.4, 0.5) is 14.6 Å². The summed E-state index contributed by atoms with van der Waals surface area (Å²) in [5, 5.41) is 4.77. The molecule has 1 aliphatic heterocycles. The fourth-order valence-corrected chi connectivity index (χ4v) is 6.38. The lowest BCUT2D eigenvalue weighted by Crippen LogP contribution is -2.68. The Bertz CT molecular complexity index is 1030. The first kappa shape index (κ1) is 22.4. The lowest BCUT2D eigenvalue weighted by atomic mass is 9.61. The molecule has 32 heavy (non-hydrogen) atoms. The van der Waals surface area contributed by atoms with E-state index < -0.39 is 17.2 Å². The van der Waals surface area contributed by atoms with Crippen molar-refractivity contribution in [2.75, 3.05) is 24.5 Å². The third-order valence-corrected chi connectivity index (χ3v) is 8.28. The van der Waals surface area contributed by atoms with E-state index in [0.29, 0.717) is 24.5 Å². The van der Waals surface area contributed by atoms with E-state index in [0.717, 1.165) is 42.8 Å². The van der Waals surface area contributed by atoms with Crippen LogP contribution in [0.1, 0.15) is 44.1 Å². The van der Waals surface area contributed by atoms with Gasteiger partial charge < -0.3 is 4.90 Å². The van der Waals surface area contributed by atoms with Gasteiger partial charge in [-0.05, 0) is 50.2 Å². The molecule has 2 aromatic heterocycles. The van der Waals surface area contributed by atoms with Crippen LogP contribution in [0.2, 0.25) is 5.15 Å². The molecule has 12 heteroatoms. The lowest BCUT2D eigenvalue weighted by molar-refractivity contribution is -0.0490. The molecule has 3 heterocycles. The van der Waals surface area contributed by atoms with E-state index in [1.165, 1.54) is 10.7 Å². The molecule has 2 N–H and O–H groups in total. The van der Waals surface area contributed by atoms with Gasteiger partial charge in [0.05, 0.1) is 0 Å². The molecule has 0 amide bonds. The van der Waals surface area contributed by atoms with Gasteiger partial charge in [-0.25, -0.2) is 27.9 Å². The molecule has 2 aliphatic carbocycles. The molecule has 3 aliphatic rings. The van der Waals surface area contributed by atoms with E-state index in [9.17, 15) is 17.5 Å². The van der Waals surface area contributed by atoms with Gasteiger partial charge in [0.2, 0.25) is 17.2 Å². The normalized spacial score (nSPS) is 24.1. The molecule has 3 fully saturated rings. The minimum atomic E-state index is -2.56. The molecule has 1 atom stereocenters. The standard InChI is InChI=1S/C20H27ClF2N6O2S/c1-13-6-16(21)28-17(13)18(24-12-26-28)27-10-19(11-27)7-15(8-19)29(32(30)31)25-9-14-2-4-20(22,23)5-3-14/h6,12,14-15,25H,2-5,7-11H2,1H3,(H,30,31). The summed E-state index contributed by atoms with van der Waals surface area (Å²) in [4.78, 5) is 6.67. The number of nitrogens with zero attached hydrogens (tertiary/aromatic N) is 5. The second kappa shape index (κ2) is 8.12. The number of hydrogen-bond donors (Lipinski definition) is 2. The molecule has 176 valence electrons. The largest absolute Gasteiger partial charge is 0.354 e. The van der Waals surface area contributed by atoms with Crippen LogP contribution in [-0.4, -0.2) is 59.4 Å². The second-order valence-electron chi connectivity index (χ2n) is 9.63. The van der Waals surface area contributed by atoms with Crippen LogP contribution in [-0.2, 0) is 11.3 Å². The highest BCUT2D eigenvalue weighted by molar-refractivity contribution is 7.76. The Morgan fingerprint density at radius 3 is 2.69 bits per heavy atom. The maximum absolute atomic E-state index is 13.4. The number of fused-ring (bicyclic) bond motifs is 1. The van der Waals surface area contributed by atoms with Crippen molar-refractivity contribution in [3.8, 4) is 0 Å². The first-order valence-electron chi connectivity index (χ1n) is 10.9. The van der Waals surface area contributed by atoms with Crippen molar-refractivity contribution in [1.29, 1.82) is 0 Å². The molecule has 0 bridgehead atoms. The highest BCUT2D eigenvalue weighted by atomic mass is 35.5. The second-order valence-corrected chi connectivity index (χ2v) is 10.9. The Kier molecular flexibility index (Phi) is 5.68. The van der Waals surface area contributed by atoms with E-state index in [1.807, 2.05) is 13.0 Å². The zero-order valence-corrected chi connectivity index (χ0v) is 19.4. The summed E-state index contributed by atoms with van der Waals surface area (Å²) in [5.74, 6) is -1.61. The molecule has 0 radical (unpaired) electrons. The highest BCUT2D eigenvalue weighted by Gasteiger charge is 2.55. The number of hydrogen-bond acceptors (Lipinski definition) is 5. The average molecular weight is 489 g/mol. The van der Waals surface area contributed by atoms with Gasteiger partial charge in [-0.1, -0.05) is 11.6 Å². The summed E-state index contributed by atoms with van der Waals surface area (Å²) in [5.41, 5.74) is 5.09. The van der Waals surface area contributed by atoms with Crippen LogP contribution in [0.25, 0.3) is 5.52 Å². The fourth-order valence-electron chi connectivity index (χ4n) is 5.50. The summed E-state index contributed by atoms with van der Waals surface area (Å²) in [7, 11) is 0. The number of rotatable bonds is 6. The summed E-state index contributed by atoms with van der Waals surface area (Å²) in [6.07, 6.45) is 3.77. The number of aryl methyl sites for hydroxylation is 1. The van der Waals surface area contributed by atoms with Gasteiger partial charge in [-0.3, -0.25) is 4.55 Å². The predicted octanol–water partition coefficient (Wildman–Crippen LogP) is 3.43. The van der Waals surface area contributed by atoms with Crippen molar-refractivity contribution >= 4 is 34.2 Å². The summed E-state index contributed by atoms with van der Waals surface area (Å²) < 4.78 is 51.5. The van der Waals surface area contributed by atoms with Gasteiger partial charge in [-0.2, -0.15) is 5.10 Å². The molecule has 1 spiro atoms. The van der Waals surface area contributed by atoms with E-state index in [2.05, 4.69) is 20.4 Å². The Hall–Kier alpha value is -1.40. The molecule has 1 unspecified atom stereocenters. The summed E-state index contributed by atoms with van der Waals surface area (Å²) in [6, 6.07) is 1.82. The monoisotopic (exact) mass is 488 g/mol. The highest BCUT2D eigenvalue weighted by Crippen LogP contribution is 2.51. The van der Waals surface area contributed by atoms with Crippen molar-refractivity contribution in [1.82, 2.24) is 24.4 Å². The smallest absolute Gasteiger partial charge is 0.249 e. The van der Waals surface area contributed by atoms with Gasteiger partial charge in [0.15, 0.2) is 5.82 Å². The summed E-state index contributed by atoms with van der Waals surface area (Å²) in [6.45, 7) is 4.08. The van der Waals surface area contributed by atoms with Gasteiger partial charge in [-0.15, -0.1) is 4.41 Å². The molecular formula is C20H27ClF2N6O2S. The minimum absolute atomic E-state index is 0.0529. The molecular weight excluding hydrogens is 462 g/mol. The average Bonchev–Trinajstić information content (AvgIpc) is 2.97. The van der Waals surface area contributed by atoms with E-state index in [-0.39, 0.29) is 30.2 Å². The number of aromatic nitrogens is 3. The molecule has 2 aromatic rings. The Morgan fingerprint density at radius 1 is 1.34 bits per heavy atom. The van der Waals surface area contributed by atoms with Crippen LogP contribution in [0.15, 0.2) is 12.4 Å². The third-order valence-electron chi connectivity index (χ3n) is 7.24. The van der Waals surface area contributed by atoms with Crippen molar-refractivity contribution in [3.05, 3.63) is 23.1 Å². The van der Waals surface area contributed by atoms with Crippen LogP contribution in [0.5, 0.6) is 0 Å². The third kappa shape index (κ3) is 4.02. The van der Waals surface area contributed by atoms with Gasteiger partial charge in [0.25, 0.3) is 0 Å². The maximum Gasteiger partial charge on any atom is 0.249 e. The number of nitrogens with one attached hydrogen (secondary N) is 1. The SMILES string of the molecule is Cc1cc(Cl)n2ncnc(N3CC4(CC(N(NCC5CCC(F)(F)CC5)S(=O)O)C4)C3)c12. The Morgan fingerprint density at radius 2 is 2.03 bits per heavy atom. The topological polar surface area (TPSA) is 86.0 Å². The summed E-state index contributed by atoms with van der Waals surface area (Å²) >= 11 is 4.09. The quantitative estimate of drug-likeness (QED) is 0.478. The van der Waals surface area contributed by atoms with Crippen LogP contribution >= 0.6 is 11.6 Å². The van der Waals surface area contributed by atoms with E-state index in [1.54, 1.807) is 4.52 Å². The van der Waals surface area contributed by atoms with Crippen molar-refractivity contribution in [2.45, 2.75) is 57.4 Å². The van der Waals surface area contributed by atoms with Crippen molar-refractivity contribution in [3.63, 3.8) is 0 Å². The number of anilines is 1. The molecule has 5 rings (SSSR count). The molecule has 0 aromatic carbocycles. The maximum atomic E-state index is 13.4. The lowest BCUT2D eigenvalue weighted by Gasteiger charge is -2.60. The zero-order chi connectivity index (χ0) is 22.7. The fraction of sp³-hybridized carbons (Fsp3) is 0.700. The van der Waals surface area contributed by atoms with Crippen molar-refractivity contribution in [2.24, 2.45) is 11.3 Å².